The highest BCUT2D eigenvalue weighted by Crippen LogP contribution is 2.14. The molecule has 0 heterocycles. The number of hydrogen-bond acceptors (Lipinski definition) is 5. The van der Waals surface area contributed by atoms with Gasteiger partial charge in [-0.1, -0.05) is 12.1 Å². The molecule has 0 aromatic heterocycles. The molecule has 6 nitrogen and oxygen atoms in total. The molecule has 1 atom stereocenters. The molecule has 0 aliphatic rings. The Kier molecular flexibility index (Phi) is 7.26. The molecule has 0 fully saturated rings. The topological polar surface area (TPSA) is 81.7 Å². The molecule has 0 bridgehead atoms. The number of rotatable bonds is 6. The van der Waals surface area contributed by atoms with Crippen LogP contribution in [0.3, 0.4) is 0 Å². The minimum atomic E-state index is -1.17. The fraction of sp³-hybridized carbons (Fsp3) is 0.318. The van der Waals surface area contributed by atoms with Crippen LogP contribution >= 0.6 is 0 Å². The maximum Gasteiger partial charge on any atom is 0.338 e. The fourth-order valence-electron chi connectivity index (χ4n) is 2.56. The normalized spacial score (nSPS) is 12.1. The van der Waals surface area contributed by atoms with Crippen molar-refractivity contribution in [1.29, 1.82) is 0 Å². The fourth-order valence-corrected chi connectivity index (χ4v) is 2.56. The van der Waals surface area contributed by atoms with E-state index in [-0.39, 0.29) is 12.0 Å². The highest BCUT2D eigenvalue weighted by Gasteiger charge is 2.24. The zero-order valence-corrected chi connectivity index (χ0v) is 17.1. The number of halogens is 2. The second-order valence-electron chi connectivity index (χ2n) is 7.58. The minimum Gasteiger partial charge on any atom is -0.467 e. The summed E-state index contributed by atoms with van der Waals surface area (Å²) in [5, 5.41) is 2.45. The summed E-state index contributed by atoms with van der Waals surface area (Å²) in [4.78, 5) is 36.5. The van der Waals surface area contributed by atoms with Crippen LogP contribution in [0.15, 0.2) is 42.5 Å². The summed E-state index contributed by atoms with van der Waals surface area (Å²) in [6, 6.07) is 7.96. The van der Waals surface area contributed by atoms with E-state index in [1.165, 1.54) is 7.11 Å². The molecule has 0 aliphatic carbocycles. The highest BCUT2D eigenvalue weighted by molar-refractivity contribution is 5.96. The van der Waals surface area contributed by atoms with E-state index in [4.69, 9.17) is 9.47 Å². The lowest BCUT2D eigenvalue weighted by Crippen LogP contribution is -2.43. The second kappa shape index (κ2) is 9.47. The first kappa shape index (κ1) is 23.0. The molecule has 0 aliphatic heterocycles. The van der Waals surface area contributed by atoms with Crippen LogP contribution in [0.4, 0.5) is 8.78 Å². The number of carbonyl (C=O) groups is 3. The Balaban J connectivity index is 2.12. The number of benzene rings is 2. The number of amides is 1. The van der Waals surface area contributed by atoms with Crippen molar-refractivity contribution in [2.45, 2.75) is 38.8 Å². The van der Waals surface area contributed by atoms with Gasteiger partial charge in [0.25, 0.3) is 5.91 Å². The molecule has 1 amide bonds. The molecule has 8 heteroatoms. The predicted octanol–water partition coefficient (Wildman–Crippen LogP) is 3.43. The molecule has 1 N–H and O–H groups in total. The van der Waals surface area contributed by atoms with E-state index in [0.717, 1.165) is 18.2 Å². The largest absolute Gasteiger partial charge is 0.467 e. The van der Waals surface area contributed by atoms with Crippen LogP contribution in [0.1, 0.15) is 47.1 Å². The number of methoxy groups -OCH3 is 1. The van der Waals surface area contributed by atoms with Gasteiger partial charge in [-0.3, -0.25) is 4.79 Å². The van der Waals surface area contributed by atoms with Gasteiger partial charge in [0.05, 0.1) is 12.7 Å². The lowest BCUT2D eigenvalue weighted by molar-refractivity contribution is -0.142. The summed E-state index contributed by atoms with van der Waals surface area (Å²) in [6.07, 6.45) is 0.0662. The summed E-state index contributed by atoms with van der Waals surface area (Å²) in [6.45, 7) is 5.28. The molecule has 0 radical (unpaired) electrons. The molecule has 0 spiro atoms. The van der Waals surface area contributed by atoms with Crippen molar-refractivity contribution < 1.29 is 32.6 Å². The van der Waals surface area contributed by atoms with E-state index < -0.39 is 41.1 Å². The van der Waals surface area contributed by atoms with Gasteiger partial charge in [0.2, 0.25) is 0 Å². The second-order valence-corrected chi connectivity index (χ2v) is 7.58. The maximum absolute atomic E-state index is 13.4. The van der Waals surface area contributed by atoms with Crippen LogP contribution in [0.5, 0.6) is 0 Å². The smallest absolute Gasteiger partial charge is 0.338 e. The lowest BCUT2D eigenvalue weighted by Gasteiger charge is -2.20. The lowest BCUT2D eigenvalue weighted by atomic mass is 10.0. The Morgan fingerprint density at radius 1 is 0.967 bits per heavy atom. The van der Waals surface area contributed by atoms with E-state index in [1.807, 2.05) is 0 Å². The van der Waals surface area contributed by atoms with Gasteiger partial charge < -0.3 is 14.8 Å². The van der Waals surface area contributed by atoms with Gasteiger partial charge in [0, 0.05) is 12.0 Å². The Morgan fingerprint density at radius 3 is 2.10 bits per heavy atom. The molecule has 30 heavy (non-hydrogen) atoms. The molecule has 2 rings (SSSR count). The summed E-state index contributed by atoms with van der Waals surface area (Å²) in [5.41, 5.74) is 0.219. The molecule has 160 valence electrons. The zero-order valence-electron chi connectivity index (χ0n) is 17.1. The Labute approximate surface area is 173 Å². The van der Waals surface area contributed by atoms with E-state index >= 15 is 0 Å². The summed E-state index contributed by atoms with van der Waals surface area (Å²) in [7, 11) is 1.17. The van der Waals surface area contributed by atoms with Gasteiger partial charge in [-0.2, -0.15) is 0 Å². The number of esters is 2. The highest BCUT2D eigenvalue weighted by atomic mass is 19.2. The third-order valence-corrected chi connectivity index (χ3v) is 4.00. The minimum absolute atomic E-state index is 0.0662. The van der Waals surface area contributed by atoms with E-state index in [2.05, 4.69) is 5.32 Å². The van der Waals surface area contributed by atoms with Crippen LogP contribution < -0.4 is 5.32 Å². The van der Waals surface area contributed by atoms with Crippen molar-refractivity contribution in [3.05, 3.63) is 70.8 Å². The molecule has 2 aromatic rings. The molecule has 0 saturated carbocycles. The first-order chi connectivity index (χ1) is 14.0. The average Bonchev–Trinajstić information content (AvgIpc) is 2.68. The van der Waals surface area contributed by atoms with Gasteiger partial charge in [-0.05, 0) is 56.7 Å². The summed E-state index contributed by atoms with van der Waals surface area (Å²) < 4.78 is 36.4. The first-order valence-electron chi connectivity index (χ1n) is 9.16. The number of carbonyl (C=O) groups excluding carboxylic acids is 3. The van der Waals surface area contributed by atoms with E-state index in [9.17, 15) is 23.2 Å². The van der Waals surface area contributed by atoms with Gasteiger partial charge in [0.1, 0.15) is 11.6 Å². The standard InChI is InChI=1S/C22H23F2NO5/c1-22(2,3)30-20(27)14-7-5-13(6-8-14)11-18(21(28)29-4)25-19(26)15-9-10-16(23)17(24)12-15/h5-10,12,18H,11H2,1-4H3,(H,25,26)/t18-/m0/s1. The van der Waals surface area contributed by atoms with Gasteiger partial charge in [-0.25, -0.2) is 18.4 Å². The molecule has 0 saturated heterocycles. The van der Waals surface area contributed by atoms with Crippen LogP contribution in [-0.4, -0.2) is 36.6 Å². The van der Waals surface area contributed by atoms with Crippen LogP contribution in [0, 0.1) is 11.6 Å². The summed E-state index contributed by atoms with van der Waals surface area (Å²) >= 11 is 0. The third-order valence-electron chi connectivity index (χ3n) is 4.00. The monoisotopic (exact) mass is 419 g/mol. The Bertz CT molecular complexity index is 936. The van der Waals surface area contributed by atoms with Crippen molar-refractivity contribution in [2.24, 2.45) is 0 Å². The van der Waals surface area contributed by atoms with Crippen molar-refractivity contribution in [3.63, 3.8) is 0 Å². The van der Waals surface area contributed by atoms with Crippen molar-refractivity contribution in [3.8, 4) is 0 Å². The van der Waals surface area contributed by atoms with Crippen molar-refractivity contribution in [2.75, 3.05) is 7.11 Å². The average molecular weight is 419 g/mol. The Morgan fingerprint density at radius 2 is 1.57 bits per heavy atom. The SMILES string of the molecule is COC(=O)[C@H](Cc1ccc(C(=O)OC(C)(C)C)cc1)NC(=O)c1ccc(F)c(F)c1. The molecule has 2 aromatic carbocycles. The van der Waals surface area contributed by atoms with E-state index in [1.54, 1.807) is 45.0 Å². The molecular formula is C22H23F2NO5. The predicted molar refractivity (Wildman–Crippen MR) is 105 cm³/mol. The van der Waals surface area contributed by atoms with Gasteiger partial charge in [0.15, 0.2) is 11.6 Å². The number of ether oxygens (including phenoxy) is 2. The molecule has 0 unspecified atom stereocenters. The first-order valence-corrected chi connectivity index (χ1v) is 9.16. The van der Waals surface area contributed by atoms with Crippen molar-refractivity contribution >= 4 is 17.8 Å². The van der Waals surface area contributed by atoms with Gasteiger partial charge >= 0.3 is 11.9 Å². The molecular weight excluding hydrogens is 396 g/mol. The quantitative estimate of drug-likeness (QED) is 0.726. The van der Waals surface area contributed by atoms with Gasteiger partial charge in [-0.15, -0.1) is 0 Å². The number of hydrogen-bond donors (Lipinski definition) is 1. The zero-order chi connectivity index (χ0) is 22.5. The van der Waals surface area contributed by atoms with E-state index in [0.29, 0.717) is 11.1 Å². The summed E-state index contributed by atoms with van der Waals surface area (Å²) in [5.74, 6) is -4.20. The Hall–Kier alpha value is -3.29. The third kappa shape index (κ3) is 6.37. The van der Waals surface area contributed by atoms with Crippen LogP contribution in [0.2, 0.25) is 0 Å². The van der Waals surface area contributed by atoms with Crippen LogP contribution in [0.25, 0.3) is 0 Å². The van der Waals surface area contributed by atoms with Crippen molar-refractivity contribution in [1.82, 2.24) is 5.32 Å². The maximum atomic E-state index is 13.4. The van der Waals surface area contributed by atoms with Crippen LogP contribution in [-0.2, 0) is 20.7 Å². The number of nitrogens with one attached hydrogen (secondary N) is 1.